The quantitative estimate of drug-likeness (QED) is 0.837. The van der Waals surface area contributed by atoms with Crippen LogP contribution in [0.4, 0.5) is 0 Å². The lowest BCUT2D eigenvalue weighted by Crippen LogP contribution is -1.84. The highest BCUT2D eigenvalue weighted by atomic mass is 79.9. The fourth-order valence-corrected chi connectivity index (χ4v) is 1.64. The molecule has 15 heavy (non-hydrogen) atoms. The van der Waals surface area contributed by atoms with Gasteiger partial charge in [0.2, 0.25) is 0 Å². The number of oxazole rings is 1. The smallest absolute Gasteiger partial charge is 0.314 e. The maximum absolute atomic E-state index is 5.23. The molecule has 3 nitrogen and oxygen atoms in total. The molecule has 1 aromatic carbocycles. The van der Waals surface area contributed by atoms with E-state index in [1.54, 1.807) is 7.11 Å². The second-order valence-corrected chi connectivity index (χ2v) is 3.85. The summed E-state index contributed by atoms with van der Waals surface area (Å²) in [6, 6.07) is 8.03. The van der Waals surface area contributed by atoms with Gasteiger partial charge in [0.05, 0.1) is 7.11 Å². The van der Waals surface area contributed by atoms with Crippen LogP contribution < -0.4 is 4.74 Å². The van der Waals surface area contributed by atoms with Crippen molar-refractivity contribution in [2.24, 2.45) is 0 Å². The minimum Gasteiger partial charge on any atom is -0.467 e. The van der Waals surface area contributed by atoms with Crippen molar-refractivity contribution in [3.8, 4) is 17.2 Å². The fraction of sp³-hybridized carbons (Fsp3) is 0.182. The number of hydrogen-bond donors (Lipinski definition) is 0. The van der Waals surface area contributed by atoms with Gasteiger partial charge in [0.25, 0.3) is 4.80 Å². The molecule has 0 N–H and O–H groups in total. The number of benzene rings is 1. The zero-order chi connectivity index (χ0) is 10.8. The number of aryl methyl sites for hydroxylation is 1. The van der Waals surface area contributed by atoms with Gasteiger partial charge in [-0.25, -0.2) is 0 Å². The molecule has 1 heterocycles. The Balaban J connectivity index is 2.48. The predicted molar refractivity (Wildman–Crippen MR) is 60.9 cm³/mol. The van der Waals surface area contributed by atoms with Crippen molar-refractivity contribution in [1.82, 2.24) is 4.98 Å². The lowest BCUT2D eigenvalue weighted by Gasteiger charge is -1.99. The van der Waals surface area contributed by atoms with Crippen LogP contribution >= 0.6 is 15.9 Å². The average molecular weight is 268 g/mol. The van der Waals surface area contributed by atoms with Gasteiger partial charge < -0.3 is 9.15 Å². The summed E-state index contributed by atoms with van der Waals surface area (Å²) in [5, 5.41) is 0. The number of hydrogen-bond acceptors (Lipinski definition) is 3. The first-order valence-electron chi connectivity index (χ1n) is 4.48. The zero-order valence-electron chi connectivity index (χ0n) is 8.45. The van der Waals surface area contributed by atoms with E-state index in [1.807, 2.05) is 31.2 Å². The van der Waals surface area contributed by atoms with Gasteiger partial charge in [-0.1, -0.05) is 29.8 Å². The van der Waals surface area contributed by atoms with Crippen molar-refractivity contribution < 1.29 is 9.15 Å². The van der Waals surface area contributed by atoms with E-state index >= 15 is 0 Å². The topological polar surface area (TPSA) is 35.3 Å². The Labute approximate surface area is 96.2 Å². The van der Waals surface area contributed by atoms with Crippen LogP contribution in [0.1, 0.15) is 5.56 Å². The Hall–Kier alpha value is -1.29. The molecule has 2 aromatic rings. The minimum atomic E-state index is 0.422. The number of methoxy groups -OCH3 is 1. The van der Waals surface area contributed by atoms with Gasteiger partial charge in [0.15, 0.2) is 5.69 Å². The van der Waals surface area contributed by atoms with E-state index in [-0.39, 0.29) is 0 Å². The molecule has 0 unspecified atom stereocenters. The summed E-state index contributed by atoms with van der Waals surface area (Å²) in [5.74, 6) is 0.422. The van der Waals surface area contributed by atoms with Crippen LogP contribution in [0.3, 0.4) is 0 Å². The summed E-state index contributed by atoms with van der Waals surface area (Å²) in [5.41, 5.74) is 2.90. The molecular formula is C11H10BrNO2. The minimum absolute atomic E-state index is 0.422. The second kappa shape index (κ2) is 4.06. The van der Waals surface area contributed by atoms with Crippen LogP contribution in [0.2, 0.25) is 0 Å². The average Bonchev–Trinajstić information content (AvgIpc) is 2.61. The molecule has 0 spiro atoms. The molecule has 0 fully saturated rings. The van der Waals surface area contributed by atoms with Gasteiger partial charge >= 0.3 is 5.95 Å². The number of nitrogens with zero attached hydrogens (tertiary/aromatic N) is 1. The van der Waals surface area contributed by atoms with Gasteiger partial charge in [-0.3, -0.25) is 0 Å². The van der Waals surface area contributed by atoms with Gasteiger partial charge in [0, 0.05) is 21.5 Å². The highest BCUT2D eigenvalue weighted by molar-refractivity contribution is 9.10. The van der Waals surface area contributed by atoms with Crippen molar-refractivity contribution in [2.45, 2.75) is 6.92 Å². The molecule has 0 amide bonds. The molecule has 0 aliphatic heterocycles. The van der Waals surface area contributed by atoms with Crippen LogP contribution in [0.25, 0.3) is 11.3 Å². The van der Waals surface area contributed by atoms with Gasteiger partial charge in [-0.2, -0.15) is 4.98 Å². The van der Waals surface area contributed by atoms with E-state index < -0.39 is 0 Å². The number of rotatable bonds is 2. The summed E-state index contributed by atoms with van der Waals surface area (Å²) in [7, 11) is 1.56. The lowest BCUT2D eigenvalue weighted by atomic mass is 10.1. The number of aromatic nitrogens is 1. The van der Waals surface area contributed by atoms with Crippen LogP contribution in [-0.2, 0) is 0 Å². The summed E-state index contributed by atoms with van der Waals surface area (Å²) in [6.45, 7) is 2.04. The Morgan fingerprint density at radius 3 is 2.53 bits per heavy atom. The van der Waals surface area contributed by atoms with Crippen LogP contribution in [0, 0.1) is 6.92 Å². The van der Waals surface area contributed by atoms with Crippen molar-refractivity contribution in [3.05, 3.63) is 34.6 Å². The van der Waals surface area contributed by atoms with E-state index in [9.17, 15) is 0 Å². The van der Waals surface area contributed by atoms with Gasteiger partial charge in [-0.15, -0.1) is 0 Å². The summed E-state index contributed by atoms with van der Waals surface area (Å²) < 4.78 is 10.3. The molecule has 1 aromatic heterocycles. The Morgan fingerprint density at radius 1 is 1.27 bits per heavy atom. The molecule has 0 saturated carbocycles. The highest BCUT2D eigenvalue weighted by Gasteiger charge is 2.13. The maximum Gasteiger partial charge on any atom is 0.314 e. The third kappa shape index (κ3) is 2.04. The summed E-state index contributed by atoms with van der Waals surface area (Å²) in [4.78, 5) is 4.63. The van der Waals surface area contributed by atoms with Crippen molar-refractivity contribution in [3.63, 3.8) is 0 Å². The molecule has 0 radical (unpaired) electrons. The number of ether oxygens (including phenoxy) is 1. The Kier molecular flexibility index (Phi) is 2.77. The maximum atomic E-state index is 5.23. The van der Waals surface area contributed by atoms with Crippen LogP contribution in [0.5, 0.6) is 5.95 Å². The first-order chi connectivity index (χ1) is 7.20. The van der Waals surface area contributed by atoms with E-state index in [1.165, 1.54) is 5.56 Å². The first-order valence-corrected chi connectivity index (χ1v) is 5.27. The number of halogens is 1. The van der Waals surface area contributed by atoms with Crippen molar-refractivity contribution in [1.29, 1.82) is 0 Å². The highest BCUT2D eigenvalue weighted by Crippen LogP contribution is 2.32. The largest absolute Gasteiger partial charge is 0.467 e. The lowest BCUT2D eigenvalue weighted by molar-refractivity contribution is 0.299. The van der Waals surface area contributed by atoms with E-state index in [0.717, 1.165) is 5.56 Å². The molecule has 0 atom stereocenters. The van der Waals surface area contributed by atoms with E-state index in [4.69, 9.17) is 9.15 Å². The normalized spacial score (nSPS) is 10.3. The molecule has 4 heteroatoms. The second-order valence-electron chi connectivity index (χ2n) is 3.17. The fourth-order valence-electron chi connectivity index (χ4n) is 1.31. The third-order valence-electron chi connectivity index (χ3n) is 2.08. The standard InChI is InChI=1S/C11H10BrNO2/c1-7-3-5-8(6-4-7)9-10(14-2)15-11(12)13-9/h3-6H,1-2H3. The molecule has 0 aliphatic rings. The monoisotopic (exact) mass is 267 g/mol. The van der Waals surface area contributed by atoms with E-state index in [2.05, 4.69) is 20.9 Å². The van der Waals surface area contributed by atoms with Crippen LogP contribution in [0.15, 0.2) is 33.5 Å². The molecule has 0 saturated heterocycles. The molecule has 0 bridgehead atoms. The predicted octanol–water partition coefficient (Wildman–Crippen LogP) is 3.42. The van der Waals surface area contributed by atoms with Crippen molar-refractivity contribution in [2.75, 3.05) is 7.11 Å². The molecule has 78 valence electrons. The zero-order valence-corrected chi connectivity index (χ0v) is 10.0. The third-order valence-corrected chi connectivity index (χ3v) is 2.42. The summed E-state index contributed by atoms with van der Waals surface area (Å²) >= 11 is 3.18. The Morgan fingerprint density at radius 2 is 1.93 bits per heavy atom. The molecule has 2 rings (SSSR count). The first kappa shape index (κ1) is 10.2. The van der Waals surface area contributed by atoms with E-state index in [0.29, 0.717) is 16.4 Å². The van der Waals surface area contributed by atoms with Crippen molar-refractivity contribution >= 4 is 15.9 Å². The molecular weight excluding hydrogens is 258 g/mol. The Bertz CT molecular complexity index is 462. The summed E-state index contributed by atoms with van der Waals surface area (Å²) in [6.07, 6.45) is 0. The SMILES string of the molecule is COc1oc(Br)nc1-c1ccc(C)cc1. The van der Waals surface area contributed by atoms with Gasteiger partial charge in [0.1, 0.15) is 0 Å². The molecule has 0 aliphatic carbocycles. The van der Waals surface area contributed by atoms with Crippen LogP contribution in [-0.4, -0.2) is 12.1 Å². The van der Waals surface area contributed by atoms with Gasteiger partial charge in [-0.05, 0) is 6.92 Å².